The van der Waals surface area contributed by atoms with E-state index in [0.29, 0.717) is 19.7 Å². The average molecular weight is 294 g/mol. The summed E-state index contributed by atoms with van der Waals surface area (Å²) in [6.45, 7) is 4.16. The summed E-state index contributed by atoms with van der Waals surface area (Å²) in [5.74, 6) is -0.00981. The van der Waals surface area contributed by atoms with Crippen molar-refractivity contribution in [2.45, 2.75) is 25.9 Å². The molecule has 1 atom stereocenters. The highest BCUT2D eigenvalue weighted by Crippen LogP contribution is 2.13. The minimum atomic E-state index is -0.402. The van der Waals surface area contributed by atoms with Crippen LogP contribution in [0.3, 0.4) is 0 Å². The van der Waals surface area contributed by atoms with E-state index >= 15 is 0 Å². The third kappa shape index (κ3) is 3.81. The first-order valence-corrected chi connectivity index (χ1v) is 7.18. The van der Waals surface area contributed by atoms with Crippen molar-refractivity contribution in [2.75, 3.05) is 33.4 Å². The van der Waals surface area contributed by atoms with Crippen molar-refractivity contribution in [3.8, 4) is 0 Å². The van der Waals surface area contributed by atoms with E-state index in [2.05, 4.69) is 5.10 Å². The van der Waals surface area contributed by atoms with Crippen LogP contribution in [0, 0.1) is 0 Å². The minimum absolute atomic E-state index is 0.00123. The Balaban J connectivity index is 1.86. The van der Waals surface area contributed by atoms with Gasteiger partial charge in [-0.15, -0.1) is 0 Å². The molecule has 21 heavy (non-hydrogen) atoms. The molecule has 2 rings (SSSR count). The highest BCUT2D eigenvalue weighted by molar-refractivity contribution is 5.94. The molecule has 2 heterocycles. The van der Waals surface area contributed by atoms with Crippen LogP contribution < -0.4 is 0 Å². The molecule has 0 unspecified atom stereocenters. The third-order valence-electron chi connectivity index (χ3n) is 3.69. The first-order chi connectivity index (χ1) is 10.1. The van der Waals surface area contributed by atoms with Gasteiger partial charge in [-0.25, -0.2) is 0 Å². The molecule has 0 aliphatic carbocycles. The van der Waals surface area contributed by atoms with Gasteiger partial charge in [0.25, 0.3) is 0 Å². The molecule has 0 bridgehead atoms. The monoisotopic (exact) mass is 294 g/mol. The smallest absolute Gasteiger partial charge is 0.245 e. The van der Waals surface area contributed by atoms with Crippen LogP contribution in [-0.4, -0.2) is 70.8 Å². The maximum atomic E-state index is 12.2. The van der Waals surface area contributed by atoms with Gasteiger partial charge < -0.3 is 14.5 Å². The fraction of sp³-hybridized carbons (Fsp3) is 0.643. The fourth-order valence-corrected chi connectivity index (χ4v) is 2.49. The van der Waals surface area contributed by atoms with Crippen molar-refractivity contribution in [3.05, 3.63) is 18.5 Å². The minimum Gasteiger partial charge on any atom is -0.383 e. The number of hydrogen-bond donors (Lipinski definition) is 0. The van der Waals surface area contributed by atoms with E-state index < -0.39 is 6.04 Å². The van der Waals surface area contributed by atoms with Crippen LogP contribution in [0.15, 0.2) is 18.5 Å². The second-order valence-corrected chi connectivity index (χ2v) is 5.14. The molecular formula is C14H22N4O3. The zero-order chi connectivity index (χ0) is 15.2. The largest absolute Gasteiger partial charge is 0.383 e. The molecule has 1 saturated heterocycles. The van der Waals surface area contributed by atoms with Gasteiger partial charge in [0.15, 0.2) is 0 Å². The van der Waals surface area contributed by atoms with Crippen LogP contribution in [0.2, 0.25) is 0 Å². The van der Waals surface area contributed by atoms with Crippen LogP contribution in [0.25, 0.3) is 0 Å². The zero-order valence-corrected chi connectivity index (χ0v) is 12.6. The Morgan fingerprint density at radius 2 is 2.14 bits per heavy atom. The molecule has 1 fully saturated rings. The predicted molar refractivity (Wildman–Crippen MR) is 76.5 cm³/mol. The number of rotatable bonds is 7. The number of carbonyl (C=O) groups is 2. The summed E-state index contributed by atoms with van der Waals surface area (Å²) in [7, 11) is 1.58. The molecule has 7 heteroatoms. The van der Waals surface area contributed by atoms with E-state index in [1.54, 1.807) is 30.0 Å². The lowest BCUT2D eigenvalue weighted by atomic mass is 10.1. The van der Waals surface area contributed by atoms with Crippen molar-refractivity contribution in [1.82, 2.24) is 19.6 Å². The van der Waals surface area contributed by atoms with Crippen molar-refractivity contribution >= 4 is 11.8 Å². The van der Waals surface area contributed by atoms with E-state index in [1.807, 2.05) is 16.9 Å². The van der Waals surface area contributed by atoms with Crippen LogP contribution in [0.5, 0.6) is 0 Å². The van der Waals surface area contributed by atoms with E-state index in [9.17, 15) is 9.59 Å². The molecule has 116 valence electrons. The van der Waals surface area contributed by atoms with Crippen molar-refractivity contribution in [2.24, 2.45) is 0 Å². The molecule has 0 radical (unpaired) electrons. The topological polar surface area (TPSA) is 67.7 Å². The molecule has 1 aromatic heterocycles. The van der Waals surface area contributed by atoms with Gasteiger partial charge in [-0.2, -0.15) is 5.10 Å². The number of piperazine rings is 1. The molecule has 1 aliphatic heterocycles. The molecule has 0 aromatic carbocycles. The highest BCUT2D eigenvalue weighted by Gasteiger charge is 2.35. The Labute approximate surface area is 124 Å². The van der Waals surface area contributed by atoms with E-state index in [4.69, 9.17) is 4.74 Å². The summed E-state index contributed by atoms with van der Waals surface area (Å²) in [6.07, 6.45) is 4.40. The van der Waals surface area contributed by atoms with E-state index in [0.717, 1.165) is 13.0 Å². The van der Waals surface area contributed by atoms with Gasteiger partial charge in [-0.3, -0.25) is 14.3 Å². The lowest BCUT2D eigenvalue weighted by molar-refractivity contribution is -0.155. The Kier molecular flexibility index (Phi) is 5.32. The first-order valence-electron chi connectivity index (χ1n) is 7.18. The molecule has 2 amide bonds. The Morgan fingerprint density at radius 3 is 2.81 bits per heavy atom. The molecule has 0 spiro atoms. The third-order valence-corrected chi connectivity index (χ3v) is 3.69. The lowest BCUT2D eigenvalue weighted by Gasteiger charge is -2.38. The summed E-state index contributed by atoms with van der Waals surface area (Å²) in [5, 5.41) is 4.12. The van der Waals surface area contributed by atoms with Gasteiger partial charge in [0.2, 0.25) is 11.8 Å². The summed E-state index contributed by atoms with van der Waals surface area (Å²) >= 11 is 0. The van der Waals surface area contributed by atoms with Crippen LogP contribution in [-0.2, 0) is 20.9 Å². The number of hydrogen-bond acceptors (Lipinski definition) is 4. The molecule has 0 N–H and O–H groups in total. The quantitative estimate of drug-likeness (QED) is 0.709. The number of amides is 2. The second kappa shape index (κ2) is 7.21. The summed E-state index contributed by atoms with van der Waals surface area (Å²) in [6, 6.07) is 1.46. The first kappa shape index (κ1) is 15.5. The number of ether oxygens (including phenoxy) is 1. The SMILES string of the molecule is COCCN1CC(=O)N(CCCn2cccn2)[C@@H](C)C1=O. The normalized spacial score (nSPS) is 19.4. The van der Waals surface area contributed by atoms with Crippen molar-refractivity contribution < 1.29 is 14.3 Å². The highest BCUT2D eigenvalue weighted by atomic mass is 16.5. The maximum Gasteiger partial charge on any atom is 0.245 e. The van der Waals surface area contributed by atoms with E-state index in [-0.39, 0.29) is 18.4 Å². The Bertz CT molecular complexity index is 475. The Morgan fingerprint density at radius 1 is 1.33 bits per heavy atom. The predicted octanol–water partition coefficient (Wildman–Crippen LogP) is -0.0211. The fourth-order valence-electron chi connectivity index (χ4n) is 2.49. The van der Waals surface area contributed by atoms with Crippen LogP contribution >= 0.6 is 0 Å². The van der Waals surface area contributed by atoms with Crippen LogP contribution in [0.4, 0.5) is 0 Å². The maximum absolute atomic E-state index is 12.2. The summed E-state index contributed by atoms with van der Waals surface area (Å²) in [5.41, 5.74) is 0. The van der Waals surface area contributed by atoms with Gasteiger partial charge in [0.05, 0.1) is 13.2 Å². The molecule has 7 nitrogen and oxygen atoms in total. The van der Waals surface area contributed by atoms with Crippen LogP contribution in [0.1, 0.15) is 13.3 Å². The average Bonchev–Trinajstić information content (AvgIpc) is 2.98. The number of carbonyl (C=O) groups excluding carboxylic acids is 2. The van der Waals surface area contributed by atoms with Crippen molar-refractivity contribution in [1.29, 1.82) is 0 Å². The number of aryl methyl sites for hydroxylation is 1. The van der Waals surface area contributed by atoms with Gasteiger partial charge >= 0.3 is 0 Å². The van der Waals surface area contributed by atoms with Crippen molar-refractivity contribution in [3.63, 3.8) is 0 Å². The zero-order valence-electron chi connectivity index (χ0n) is 12.6. The lowest BCUT2D eigenvalue weighted by Crippen LogP contribution is -2.59. The van der Waals surface area contributed by atoms with Gasteiger partial charge in [-0.1, -0.05) is 0 Å². The summed E-state index contributed by atoms with van der Waals surface area (Å²) in [4.78, 5) is 27.7. The van der Waals surface area contributed by atoms with Gasteiger partial charge in [0.1, 0.15) is 6.04 Å². The van der Waals surface area contributed by atoms with Gasteiger partial charge in [0, 0.05) is 39.1 Å². The standard InChI is InChI=1S/C14H22N4O3/c1-12-14(20)16(9-10-21-2)11-13(19)18(12)8-4-7-17-6-3-5-15-17/h3,5-6,12H,4,7-11H2,1-2H3/t12-/m0/s1. The molecule has 1 aromatic rings. The second-order valence-electron chi connectivity index (χ2n) is 5.14. The summed E-state index contributed by atoms with van der Waals surface area (Å²) < 4.78 is 6.79. The number of methoxy groups -OCH3 is 1. The molecule has 0 saturated carbocycles. The van der Waals surface area contributed by atoms with Gasteiger partial charge in [-0.05, 0) is 19.4 Å². The number of aromatic nitrogens is 2. The number of nitrogens with zero attached hydrogens (tertiary/aromatic N) is 4. The molecule has 1 aliphatic rings. The molecular weight excluding hydrogens is 272 g/mol. The Hall–Kier alpha value is -1.89. The van der Waals surface area contributed by atoms with E-state index in [1.165, 1.54) is 0 Å².